The molecule has 2 heterocycles. The highest BCUT2D eigenvalue weighted by Gasteiger charge is 2.34. The molecule has 7 heteroatoms. The lowest BCUT2D eigenvalue weighted by Crippen LogP contribution is -2.51. The molecule has 32 heavy (non-hydrogen) atoms. The Morgan fingerprint density at radius 3 is 2.19 bits per heavy atom. The van der Waals surface area contributed by atoms with Crippen LogP contribution in [0.4, 0.5) is 0 Å². The van der Waals surface area contributed by atoms with Crippen molar-refractivity contribution >= 4 is 15.9 Å². The summed E-state index contributed by atoms with van der Waals surface area (Å²) in [5, 5.41) is 0. The van der Waals surface area contributed by atoms with Crippen molar-refractivity contribution in [1.82, 2.24) is 14.1 Å². The van der Waals surface area contributed by atoms with E-state index in [9.17, 15) is 13.2 Å². The molecule has 1 amide bonds. The van der Waals surface area contributed by atoms with Crippen LogP contribution in [0.25, 0.3) is 0 Å². The summed E-state index contributed by atoms with van der Waals surface area (Å²) in [6, 6.07) is 17.9. The fourth-order valence-corrected chi connectivity index (χ4v) is 6.27. The maximum Gasteiger partial charge on any atom is 0.225 e. The summed E-state index contributed by atoms with van der Waals surface area (Å²) in [6.07, 6.45) is 1.21. The monoisotopic (exact) mass is 455 g/mol. The van der Waals surface area contributed by atoms with E-state index in [1.807, 2.05) is 35.2 Å². The zero-order chi connectivity index (χ0) is 22.6. The predicted molar refractivity (Wildman–Crippen MR) is 126 cm³/mol. The lowest BCUT2D eigenvalue weighted by Gasteiger charge is -2.38. The maximum absolute atomic E-state index is 13.0. The molecular weight excluding hydrogens is 422 g/mol. The first-order chi connectivity index (χ1) is 15.4. The highest BCUT2D eigenvalue weighted by atomic mass is 32.2. The smallest absolute Gasteiger partial charge is 0.225 e. The molecule has 0 radical (unpaired) electrons. The molecule has 0 unspecified atom stereocenters. The summed E-state index contributed by atoms with van der Waals surface area (Å²) >= 11 is 0. The first-order valence-electron chi connectivity index (χ1n) is 11.5. The number of nitrogens with zero attached hydrogens (tertiary/aromatic N) is 3. The summed E-state index contributed by atoms with van der Waals surface area (Å²) < 4.78 is 27.1. The SMILES string of the molecule is Cc1cccc(CN2CCN(C(=O)C3CCN(S(=O)(=O)Cc4ccccc4)CC3)CC2)c1. The number of hydrogen-bond donors (Lipinski definition) is 0. The van der Waals surface area contributed by atoms with E-state index in [4.69, 9.17) is 0 Å². The van der Waals surface area contributed by atoms with Crippen LogP contribution in [0, 0.1) is 12.8 Å². The number of amides is 1. The quantitative estimate of drug-likeness (QED) is 0.672. The second-order valence-electron chi connectivity index (χ2n) is 9.01. The topological polar surface area (TPSA) is 60.9 Å². The molecule has 2 aliphatic rings. The lowest BCUT2D eigenvalue weighted by atomic mass is 9.96. The van der Waals surface area contributed by atoms with Crippen LogP contribution in [0.5, 0.6) is 0 Å². The van der Waals surface area contributed by atoms with Crippen molar-refractivity contribution in [3.05, 3.63) is 71.3 Å². The summed E-state index contributed by atoms with van der Waals surface area (Å²) in [7, 11) is -3.35. The number of sulfonamides is 1. The first kappa shape index (κ1) is 23.0. The van der Waals surface area contributed by atoms with Crippen molar-refractivity contribution in [2.75, 3.05) is 39.3 Å². The summed E-state index contributed by atoms with van der Waals surface area (Å²) in [5.74, 6) is 0.150. The molecule has 2 fully saturated rings. The van der Waals surface area contributed by atoms with Crippen molar-refractivity contribution in [3.8, 4) is 0 Å². The Balaban J connectivity index is 1.24. The highest BCUT2D eigenvalue weighted by molar-refractivity contribution is 7.88. The molecule has 2 aliphatic heterocycles. The van der Waals surface area contributed by atoms with Crippen LogP contribution in [-0.4, -0.2) is 67.7 Å². The van der Waals surface area contributed by atoms with Crippen molar-refractivity contribution in [1.29, 1.82) is 0 Å². The molecule has 172 valence electrons. The van der Waals surface area contributed by atoms with Gasteiger partial charge in [0, 0.05) is 51.7 Å². The van der Waals surface area contributed by atoms with Crippen molar-refractivity contribution < 1.29 is 13.2 Å². The van der Waals surface area contributed by atoms with E-state index in [1.54, 1.807) is 4.31 Å². The average Bonchev–Trinajstić information content (AvgIpc) is 2.80. The molecule has 2 aromatic carbocycles. The largest absolute Gasteiger partial charge is 0.340 e. The molecule has 0 saturated carbocycles. The number of carbonyl (C=O) groups is 1. The number of piperidine rings is 1. The van der Waals surface area contributed by atoms with Crippen molar-refractivity contribution in [2.24, 2.45) is 5.92 Å². The van der Waals surface area contributed by atoms with E-state index in [0.29, 0.717) is 25.9 Å². The van der Waals surface area contributed by atoms with Crippen LogP contribution in [0.15, 0.2) is 54.6 Å². The number of piperazine rings is 1. The van der Waals surface area contributed by atoms with E-state index in [-0.39, 0.29) is 17.6 Å². The average molecular weight is 456 g/mol. The Labute approximate surface area is 191 Å². The molecule has 6 nitrogen and oxygen atoms in total. The predicted octanol–water partition coefficient (Wildman–Crippen LogP) is 2.88. The molecular formula is C25H33N3O3S. The van der Waals surface area contributed by atoms with E-state index < -0.39 is 10.0 Å². The van der Waals surface area contributed by atoms with Gasteiger partial charge in [0.1, 0.15) is 0 Å². The second kappa shape index (κ2) is 10.1. The van der Waals surface area contributed by atoms with Crippen LogP contribution >= 0.6 is 0 Å². The van der Waals surface area contributed by atoms with Gasteiger partial charge < -0.3 is 4.90 Å². The van der Waals surface area contributed by atoms with Gasteiger partial charge in [0.25, 0.3) is 0 Å². The summed E-state index contributed by atoms with van der Waals surface area (Å²) in [5.41, 5.74) is 3.39. The van der Waals surface area contributed by atoms with Crippen LogP contribution in [-0.2, 0) is 27.1 Å². The van der Waals surface area contributed by atoms with Gasteiger partial charge >= 0.3 is 0 Å². The minimum Gasteiger partial charge on any atom is -0.340 e. The van der Waals surface area contributed by atoms with Gasteiger partial charge in [0.15, 0.2) is 0 Å². The van der Waals surface area contributed by atoms with E-state index >= 15 is 0 Å². The Morgan fingerprint density at radius 2 is 1.53 bits per heavy atom. The maximum atomic E-state index is 13.0. The Bertz CT molecular complexity index is 1010. The Hall–Kier alpha value is -2.22. The third-order valence-electron chi connectivity index (χ3n) is 6.56. The third-order valence-corrected chi connectivity index (χ3v) is 8.41. The summed E-state index contributed by atoms with van der Waals surface area (Å²) in [4.78, 5) is 17.4. The molecule has 0 atom stereocenters. The number of carbonyl (C=O) groups excluding carboxylic acids is 1. The second-order valence-corrected chi connectivity index (χ2v) is 11.0. The van der Waals surface area contributed by atoms with Gasteiger partial charge in [0.2, 0.25) is 15.9 Å². The normalized spacial score (nSPS) is 19.2. The fourth-order valence-electron chi connectivity index (χ4n) is 4.71. The number of hydrogen-bond acceptors (Lipinski definition) is 4. The first-order valence-corrected chi connectivity index (χ1v) is 13.1. The van der Waals surface area contributed by atoms with Gasteiger partial charge in [0.05, 0.1) is 5.75 Å². The van der Waals surface area contributed by atoms with Crippen LogP contribution in [0.1, 0.15) is 29.5 Å². The minimum absolute atomic E-state index is 0.0232. The molecule has 0 spiro atoms. The van der Waals surface area contributed by atoms with Crippen LogP contribution < -0.4 is 0 Å². The lowest BCUT2D eigenvalue weighted by molar-refractivity contribution is -0.138. The molecule has 2 aromatic rings. The summed E-state index contributed by atoms with van der Waals surface area (Å²) in [6.45, 7) is 7.14. The molecule has 0 bridgehead atoms. The van der Waals surface area contributed by atoms with Crippen LogP contribution in [0.2, 0.25) is 0 Å². The molecule has 0 aromatic heterocycles. The Morgan fingerprint density at radius 1 is 0.875 bits per heavy atom. The Kier molecular flexibility index (Phi) is 7.28. The molecule has 0 N–H and O–H groups in total. The number of rotatable bonds is 6. The van der Waals surface area contributed by atoms with Crippen molar-refractivity contribution in [2.45, 2.75) is 32.1 Å². The minimum atomic E-state index is -3.35. The zero-order valence-electron chi connectivity index (χ0n) is 18.8. The number of benzene rings is 2. The number of aryl methyl sites for hydroxylation is 1. The third kappa shape index (κ3) is 5.77. The standard InChI is InChI=1S/C25H33N3O3S/c1-21-6-5-9-23(18-21)19-26-14-16-27(17-15-26)25(29)24-10-12-28(13-11-24)32(30,31)20-22-7-3-2-4-8-22/h2-9,18,24H,10-17,19-20H2,1H3. The zero-order valence-corrected chi connectivity index (χ0v) is 19.6. The molecule has 0 aliphatic carbocycles. The van der Waals surface area contributed by atoms with Crippen LogP contribution in [0.3, 0.4) is 0 Å². The van der Waals surface area contributed by atoms with Gasteiger partial charge in [-0.3, -0.25) is 9.69 Å². The van der Waals surface area contributed by atoms with Gasteiger partial charge in [-0.1, -0.05) is 60.2 Å². The van der Waals surface area contributed by atoms with E-state index in [1.165, 1.54) is 11.1 Å². The van der Waals surface area contributed by atoms with E-state index in [2.05, 4.69) is 36.1 Å². The van der Waals surface area contributed by atoms with Gasteiger partial charge in [-0.25, -0.2) is 12.7 Å². The molecule has 4 rings (SSSR count). The fraction of sp³-hybridized carbons (Fsp3) is 0.480. The highest BCUT2D eigenvalue weighted by Crippen LogP contribution is 2.24. The van der Waals surface area contributed by atoms with Crippen molar-refractivity contribution in [3.63, 3.8) is 0 Å². The van der Waals surface area contributed by atoms with Gasteiger partial charge in [-0.15, -0.1) is 0 Å². The van der Waals surface area contributed by atoms with Gasteiger partial charge in [-0.2, -0.15) is 0 Å². The van der Waals surface area contributed by atoms with Gasteiger partial charge in [-0.05, 0) is 30.9 Å². The molecule has 2 saturated heterocycles. The van der Waals surface area contributed by atoms with E-state index in [0.717, 1.165) is 38.3 Å².